The first-order chi connectivity index (χ1) is 21.5. The first-order valence-electron chi connectivity index (χ1n) is 17.0. The number of ether oxygens (including phenoxy) is 2. The summed E-state index contributed by atoms with van der Waals surface area (Å²) < 4.78 is 10.7. The Morgan fingerprint density at radius 3 is 2.04 bits per heavy atom. The average molecular weight is 631 g/mol. The highest BCUT2D eigenvalue weighted by Gasteiger charge is 2.29. The molecule has 1 aliphatic heterocycles. The van der Waals surface area contributed by atoms with Crippen molar-refractivity contribution in [1.29, 1.82) is 0 Å². The molecule has 0 aliphatic carbocycles. The fourth-order valence-corrected chi connectivity index (χ4v) is 5.17. The van der Waals surface area contributed by atoms with Gasteiger partial charge < -0.3 is 19.3 Å². The van der Waals surface area contributed by atoms with Gasteiger partial charge in [-0.1, -0.05) is 47.6 Å². The summed E-state index contributed by atoms with van der Waals surface area (Å²) >= 11 is 0. The molecule has 8 nitrogen and oxygen atoms in total. The molecule has 45 heavy (non-hydrogen) atoms. The van der Waals surface area contributed by atoms with Crippen molar-refractivity contribution in [1.82, 2.24) is 4.90 Å². The lowest BCUT2D eigenvalue weighted by atomic mass is 9.78. The number of hydrogen-bond donors (Lipinski definition) is 0. The van der Waals surface area contributed by atoms with Gasteiger partial charge in [-0.15, -0.1) is 6.58 Å². The van der Waals surface area contributed by atoms with Gasteiger partial charge in [0.05, 0.1) is 26.2 Å². The number of rotatable bonds is 18. The van der Waals surface area contributed by atoms with Gasteiger partial charge in [-0.3, -0.25) is 19.2 Å². The Hall–Kier alpha value is -2.84. The summed E-state index contributed by atoms with van der Waals surface area (Å²) in [6.45, 7) is 25.3. The van der Waals surface area contributed by atoms with E-state index >= 15 is 0 Å². The van der Waals surface area contributed by atoms with Gasteiger partial charge in [0.1, 0.15) is 5.78 Å². The van der Waals surface area contributed by atoms with Crippen LogP contribution in [0.15, 0.2) is 30.9 Å². The molecule has 0 bridgehead atoms. The van der Waals surface area contributed by atoms with Crippen LogP contribution in [0.25, 0.3) is 0 Å². The molecular weight excluding hydrogens is 568 g/mol. The van der Waals surface area contributed by atoms with E-state index in [9.17, 15) is 19.2 Å². The molecule has 0 saturated carbocycles. The zero-order valence-corrected chi connectivity index (χ0v) is 29.8. The van der Waals surface area contributed by atoms with Gasteiger partial charge in [-0.05, 0) is 63.6 Å². The van der Waals surface area contributed by atoms with E-state index in [1.54, 1.807) is 12.1 Å². The van der Waals surface area contributed by atoms with Crippen LogP contribution >= 0.6 is 0 Å². The van der Waals surface area contributed by atoms with Crippen molar-refractivity contribution < 1.29 is 28.7 Å². The SMILES string of the molecule is C=CC.CC.CCCC(=O)CCC(C)C(C)C(C)C(=O)c1cc(N2CCN(C(=O)CCOCCOCC)CC2)ccc1C(C)=O. The fraction of sp³-hybridized carbons (Fsp3) is 0.676. The van der Waals surface area contributed by atoms with Gasteiger partial charge in [-0.25, -0.2) is 0 Å². The molecule has 1 fully saturated rings. The van der Waals surface area contributed by atoms with Crippen molar-refractivity contribution in [3.05, 3.63) is 42.0 Å². The molecule has 0 N–H and O–H groups in total. The van der Waals surface area contributed by atoms with E-state index in [0.29, 0.717) is 83.0 Å². The molecule has 0 aromatic heterocycles. The van der Waals surface area contributed by atoms with Crippen molar-refractivity contribution in [2.45, 2.75) is 94.4 Å². The van der Waals surface area contributed by atoms with Crippen LogP contribution < -0.4 is 4.90 Å². The van der Waals surface area contributed by atoms with Crippen molar-refractivity contribution in [2.75, 3.05) is 57.5 Å². The van der Waals surface area contributed by atoms with Gasteiger partial charge in [0.25, 0.3) is 0 Å². The van der Waals surface area contributed by atoms with E-state index in [1.807, 2.05) is 58.6 Å². The zero-order chi connectivity index (χ0) is 34.4. The first kappa shape index (κ1) is 42.2. The number of benzene rings is 1. The molecule has 1 heterocycles. The predicted molar refractivity (Wildman–Crippen MR) is 185 cm³/mol. The molecule has 0 spiro atoms. The third kappa shape index (κ3) is 15.3. The zero-order valence-electron chi connectivity index (χ0n) is 29.8. The largest absolute Gasteiger partial charge is 0.379 e. The Morgan fingerprint density at radius 2 is 1.49 bits per heavy atom. The van der Waals surface area contributed by atoms with Crippen LogP contribution in [-0.2, 0) is 19.1 Å². The molecule has 3 atom stereocenters. The number of hydrogen-bond acceptors (Lipinski definition) is 7. The van der Waals surface area contributed by atoms with E-state index in [2.05, 4.69) is 25.3 Å². The van der Waals surface area contributed by atoms with Crippen LogP contribution in [0.3, 0.4) is 0 Å². The lowest BCUT2D eigenvalue weighted by Crippen LogP contribution is -2.49. The average Bonchev–Trinajstić information content (AvgIpc) is 3.05. The Bertz CT molecular complexity index is 1030. The maximum atomic E-state index is 13.7. The maximum Gasteiger partial charge on any atom is 0.225 e. The van der Waals surface area contributed by atoms with E-state index in [4.69, 9.17) is 9.47 Å². The highest BCUT2D eigenvalue weighted by atomic mass is 16.5. The lowest BCUT2D eigenvalue weighted by Gasteiger charge is -2.36. The molecule has 0 radical (unpaired) electrons. The number of ketones is 3. The van der Waals surface area contributed by atoms with Gasteiger partial charge >= 0.3 is 0 Å². The maximum absolute atomic E-state index is 13.7. The second-order valence-electron chi connectivity index (χ2n) is 11.4. The first-order valence-corrected chi connectivity index (χ1v) is 17.0. The Labute approximate surface area is 273 Å². The second-order valence-corrected chi connectivity index (χ2v) is 11.4. The van der Waals surface area contributed by atoms with E-state index in [-0.39, 0.29) is 41.0 Å². The molecule has 1 aromatic carbocycles. The smallest absolute Gasteiger partial charge is 0.225 e. The number of nitrogens with zero attached hydrogens (tertiary/aromatic N) is 2. The summed E-state index contributed by atoms with van der Waals surface area (Å²) in [4.78, 5) is 54.8. The monoisotopic (exact) mass is 630 g/mol. The molecule has 2 rings (SSSR count). The molecule has 1 amide bonds. The number of carbonyl (C=O) groups excluding carboxylic acids is 4. The number of Topliss-reactive ketones (excluding diaryl/α,β-unsaturated/α-hetero) is 3. The van der Waals surface area contributed by atoms with Crippen LogP contribution in [0.5, 0.6) is 0 Å². The summed E-state index contributed by atoms with van der Waals surface area (Å²) in [5.74, 6) is 0.186. The van der Waals surface area contributed by atoms with Crippen molar-refractivity contribution in [3.63, 3.8) is 0 Å². The topological polar surface area (TPSA) is 93.2 Å². The molecule has 3 unspecified atom stereocenters. The lowest BCUT2D eigenvalue weighted by molar-refractivity contribution is -0.132. The molecule has 8 heteroatoms. The van der Waals surface area contributed by atoms with Gasteiger partial charge in [0.15, 0.2) is 11.6 Å². The minimum Gasteiger partial charge on any atom is -0.379 e. The molecule has 1 aromatic rings. The van der Waals surface area contributed by atoms with Gasteiger partial charge in [0, 0.05) is 68.4 Å². The predicted octanol–water partition coefficient (Wildman–Crippen LogP) is 7.44. The summed E-state index contributed by atoms with van der Waals surface area (Å²) in [6.07, 6.45) is 4.87. The minimum atomic E-state index is -0.283. The highest BCUT2D eigenvalue weighted by molar-refractivity contribution is 6.09. The number of allylic oxidation sites excluding steroid dienone is 1. The van der Waals surface area contributed by atoms with Crippen LogP contribution in [0.4, 0.5) is 5.69 Å². The van der Waals surface area contributed by atoms with E-state index < -0.39 is 0 Å². The summed E-state index contributed by atoms with van der Waals surface area (Å²) in [5, 5.41) is 0. The van der Waals surface area contributed by atoms with Crippen molar-refractivity contribution in [3.8, 4) is 0 Å². The van der Waals surface area contributed by atoms with Crippen LogP contribution in [0.1, 0.15) is 115 Å². The van der Waals surface area contributed by atoms with Gasteiger partial charge in [-0.2, -0.15) is 0 Å². The Morgan fingerprint density at radius 1 is 0.889 bits per heavy atom. The summed E-state index contributed by atoms with van der Waals surface area (Å²) in [7, 11) is 0. The summed E-state index contributed by atoms with van der Waals surface area (Å²) in [5.41, 5.74) is 1.79. The number of piperazine rings is 1. The fourth-order valence-electron chi connectivity index (χ4n) is 5.17. The third-order valence-corrected chi connectivity index (χ3v) is 8.19. The van der Waals surface area contributed by atoms with E-state index in [0.717, 1.165) is 18.5 Å². The molecular formula is C37H62N2O6. The second kappa shape index (κ2) is 24.4. The quantitative estimate of drug-likeness (QED) is 0.0945. The molecule has 1 saturated heterocycles. The summed E-state index contributed by atoms with van der Waals surface area (Å²) in [6, 6.07) is 5.50. The van der Waals surface area contributed by atoms with Crippen LogP contribution in [0.2, 0.25) is 0 Å². The standard InChI is InChI=1S/C32H50N2O6.C3H6.C2H6/c1-7-9-28(36)12-10-23(3)24(4)25(5)32(38)30-22-27(11-13-29(30)26(6)35)33-15-17-34(18-16-33)31(37)14-19-40-21-20-39-8-2;1-3-2;1-2/h11,13,22-25H,7-10,12,14-21H2,1-6H3;3H,1H2,2H3;1-2H3. The molecule has 256 valence electrons. The van der Waals surface area contributed by atoms with Crippen molar-refractivity contribution >= 4 is 28.9 Å². The van der Waals surface area contributed by atoms with Crippen LogP contribution in [-0.4, -0.2) is 80.8 Å². The normalized spacial score (nSPS) is 14.6. The number of amides is 1. The number of carbonyl (C=O) groups is 4. The third-order valence-electron chi connectivity index (χ3n) is 8.19. The highest BCUT2D eigenvalue weighted by Crippen LogP contribution is 2.30. The van der Waals surface area contributed by atoms with Crippen LogP contribution in [0, 0.1) is 17.8 Å². The number of anilines is 1. The Balaban J connectivity index is 0.00000364. The van der Waals surface area contributed by atoms with E-state index in [1.165, 1.54) is 6.92 Å². The molecule has 1 aliphatic rings. The Kier molecular flexibility index (Phi) is 22.9. The van der Waals surface area contributed by atoms with Gasteiger partial charge in [0.2, 0.25) is 5.91 Å². The van der Waals surface area contributed by atoms with Crippen molar-refractivity contribution in [2.24, 2.45) is 17.8 Å². The minimum absolute atomic E-state index is 0.0376.